The number of amides is 1. The number of carbonyl (C=O) groups is 1. The summed E-state index contributed by atoms with van der Waals surface area (Å²) in [5, 5.41) is 2.63. The Morgan fingerprint density at radius 1 is 1.43 bits per heavy atom. The third-order valence-corrected chi connectivity index (χ3v) is 5.95. The van der Waals surface area contributed by atoms with Gasteiger partial charge in [0.25, 0.3) is 5.91 Å². The standard InChI is InChI=1S/C14H18ClFN2O4S/c1-18(2)23(20,21)8-10-6-22-7-13(10)17-14(19)9-3-4-11(15)12(16)5-9/h3-5,10,13H,6-8H2,1-2H3,(H,17,19)/t10-,13-/m0/s1. The molecule has 9 heteroatoms. The van der Waals surface area contributed by atoms with Crippen molar-refractivity contribution in [1.29, 1.82) is 0 Å². The van der Waals surface area contributed by atoms with Crippen LogP contribution >= 0.6 is 11.6 Å². The van der Waals surface area contributed by atoms with Gasteiger partial charge in [0.05, 0.1) is 30.0 Å². The number of carbonyl (C=O) groups excluding carboxylic acids is 1. The summed E-state index contributed by atoms with van der Waals surface area (Å²) in [4.78, 5) is 12.2. The second-order valence-electron chi connectivity index (χ2n) is 5.57. The fourth-order valence-electron chi connectivity index (χ4n) is 2.23. The van der Waals surface area contributed by atoms with E-state index in [9.17, 15) is 17.6 Å². The number of hydrogen-bond donors (Lipinski definition) is 1. The van der Waals surface area contributed by atoms with Gasteiger partial charge < -0.3 is 10.1 Å². The van der Waals surface area contributed by atoms with Gasteiger partial charge in [0.15, 0.2) is 0 Å². The maximum Gasteiger partial charge on any atom is 0.251 e. The Kier molecular flexibility index (Phi) is 5.61. The van der Waals surface area contributed by atoms with Gasteiger partial charge in [-0.05, 0) is 18.2 Å². The quantitative estimate of drug-likeness (QED) is 0.849. The third kappa shape index (κ3) is 4.41. The fraction of sp³-hybridized carbons (Fsp3) is 0.500. The molecule has 1 aromatic rings. The maximum absolute atomic E-state index is 13.4. The highest BCUT2D eigenvalue weighted by molar-refractivity contribution is 7.89. The normalized spacial score (nSPS) is 21.6. The fourth-order valence-corrected chi connectivity index (χ4v) is 3.52. The van der Waals surface area contributed by atoms with E-state index in [1.165, 1.54) is 26.2 Å². The molecule has 1 saturated heterocycles. The molecule has 0 radical (unpaired) electrons. The molecule has 2 rings (SSSR count). The molecule has 0 saturated carbocycles. The predicted octanol–water partition coefficient (Wildman–Crippen LogP) is 1.12. The van der Waals surface area contributed by atoms with Crippen molar-refractivity contribution in [3.8, 4) is 0 Å². The molecule has 1 amide bonds. The zero-order chi connectivity index (χ0) is 17.2. The lowest BCUT2D eigenvalue weighted by molar-refractivity contribution is 0.0925. The van der Waals surface area contributed by atoms with E-state index in [-0.39, 0.29) is 35.5 Å². The SMILES string of the molecule is CN(C)S(=O)(=O)C[C@@H]1COC[C@@H]1NC(=O)c1ccc(Cl)c(F)c1. The zero-order valence-electron chi connectivity index (χ0n) is 12.8. The molecule has 1 aliphatic heterocycles. The third-order valence-electron chi connectivity index (χ3n) is 3.68. The molecule has 6 nitrogen and oxygen atoms in total. The van der Waals surface area contributed by atoms with Crippen molar-refractivity contribution in [3.05, 3.63) is 34.6 Å². The van der Waals surface area contributed by atoms with Gasteiger partial charge in [-0.15, -0.1) is 0 Å². The Morgan fingerprint density at radius 3 is 2.74 bits per heavy atom. The lowest BCUT2D eigenvalue weighted by atomic mass is 10.1. The number of ether oxygens (including phenoxy) is 1. The van der Waals surface area contributed by atoms with Crippen LogP contribution in [0.25, 0.3) is 0 Å². The highest BCUT2D eigenvalue weighted by Gasteiger charge is 2.34. The van der Waals surface area contributed by atoms with Crippen molar-refractivity contribution in [2.75, 3.05) is 33.1 Å². The molecule has 0 aliphatic carbocycles. The summed E-state index contributed by atoms with van der Waals surface area (Å²) in [5.74, 6) is -1.67. The minimum absolute atomic E-state index is 0.0688. The Morgan fingerprint density at radius 2 is 2.13 bits per heavy atom. The van der Waals surface area contributed by atoms with Crippen LogP contribution in [0.2, 0.25) is 5.02 Å². The van der Waals surface area contributed by atoms with Crippen molar-refractivity contribution in [3.63, 3.8) is 0 Å². The number of hydrogen-bond acceptors (Lipinski definition) is 4. The zero-order valence-corrected chi connectivity index (χ0v) is 14.3. The molecular formula is C14H18ClFN2O4S. The van der Waals surface area contributed by atoms with Gasteiger partial charge >= 0.3 is 0 Å². The number of nitrogens with one attached hydrogen (secondary N) is 1. The molecule has 2 atom stereocenters. The molecule has 0 bridgehead atoms. The van der Waals surface area contributed by atoms with Crippen molar-refractivity contribution in [2.24, 2.45) is 5.92 Å². The van der Waals surface area contributed by atoms with Crippen LogP contribution in [0, 0.1) is 11.7 Å². The van der Waals surface area contributed by atoms with Crippen molar-refractivity contribution in [1.82, 2.24) is 9.62 Å². The van der Waals surface area contributed by atoms with Crippen molar-refractivity contribution in [2.45, 2.75) is 6.04 Å². The van der Waals surface area contributed by atoms with Crippen molar-refractivity contribution < 1.29 is 22.3 Å². The second-order valence-corrected chi connectivity index (χ2v) is 8.20. The first-order valence-electron chi connectivity index (χ1n) is 6.94. The monoisotopic (exact) mass is 364 g/mol. The molecule has 0 aromatic heterocycles. The number of benzene rings is 1. The largest absolute Gasteiger partial charge is 0.379 e. The molecule has 0 unspecified atom stereocenters. The highest BCUT2D eigenvalue weighted by Crippen LogP contribution is 2.19. The van der Waals surface area contributed by atoms with E-state index in [4.69, 9.17) is 16.3 Å². The molecule has 0 spiro atoms. The van der Waals surface area contributed by atoms with Gasteiger partial charge in [0.2, 0.25) is 10.0 Å². The van der Waals surface area contributed by atoms with Crippen LogP contribution < -0.4 is 5.32 Å². The topological polar surface area (TPSA) is 75.7 Å². The molecule has 23 heavy (non-hydrogen) atoms. The number of halogens is 2. The van der Waals surface area contributed by atoms with Crippen LogP contribution in [0.15, 0.2) is 18.2 Å². The van der Waals surface area contributed by atoms with Gasteiger partial charge in [-0.25, -0.2) is 17.1 Å². The molecule has 1 fully saturated rings. The Hall–Kier alpha value is -1.22. The van der Waals surface area contributed by atoms with Gasteiger partial charge in [-0.2, -0.15) is 0 Å². The molecule has 1 aromatic carbocycles. The average molecular weight is 365 g/mol. The molecule has 1 N–H and O–H groups in total. The summed E-state index contributed by atoms with van der Waals surface area (Å²) in [6.45, 7) is 0.461. The van der Waals surface area contributed by atoms with Crippen molar-refractivity contribution >= 4 is 27.5 Å². The Balaban J connectivity index is 2.06. The molecular weight excluding hydrogens is 347 g/mol. The summed E-state index contributed by atoms with van der Waals surface area (Å²) in [5.41, 5.74) is 0.119. The first-order valence-corrected chi connectivity index (χ1v) is 8.93. The van der Waals surface area contributed by atoms with Gasteiger partial charge in [0, 0.05) is 25.6 Å². The van der Waals surface area contributed by atoms with Crippen LogP contribution in [0.4, 0.5) is 4.39 Å². The summed E-state index contributed by atoms with van der Waals surface area (Å²) >= 11 is 5.58. The summed E-state index contributed by atoms with van der Waals surface area (Å²) in [7, 11) is -0.496. The molecule has 1 aliphatic rings. The van der Waals surface area contributed by atoms with Crippen LogP contribution in [-0.2, 0) is 14.8 Å². The van der Waals surface area contributed by atoms with Crippen LogP contribution in [-0.4, -0.2) is 57.7 Å². The van der Waals surface area contributed by atoms with E-state index in [1.807, 2.05) is 0 Å². The van der Waals surface area contributed by atoms with E-state index in [2.05, 4.69) is 5.32 Å². The average Bonchev–Trinajstić information content (AvgIpc) is 2.88. The van der Waals surface area contributed by atoms with Crippen LogP contribution in [0.5, 0.6) is 0 Å². The maximum atomic E-state index is 13.4. The second kappa shape index (κ2) is 7.12. The minimum atomic E-state index is -3.40. The number of sulfonamides is 1. The number of nitrogens with zero attached hydrogens (tertiary/aromatic N) is 1. The smallest absolute Gasteiger partial charge is 0.251 e. The molecule has 128 valence electrons. The number of rotatable bonds is 5. The van der Waals surface area contributed by atoms with E-state index < -0.39 is 27.8 Å². The highest BCUT2D eigenvalue weighted by atomic mass is 35.5. The van der Waals surface area contributed by atoms with Gasteiger partial charge in [-0.1, -0.05) is 11.6 Å². The first kappa shape index (κ1) is 18.1. The van der Waals surface area contributed by atoms with Crippen LogP contribution in [0.3, 0.4) is 0 Å². The van der Waals surface area contributed by atoms with Gasteiger partial charge in [0.1, 0.15) is 5.82 Å². The summed E-state index contributed by atoms with van der Waals surface area (Å²) in [6, 6.07) is 3.29. The van der Waals surface area contributed by atoms with E-state index in [0.29, 0.717) is 0 Å². The minimum Gasteiger partial charge on any atom is -0.379 e. The predicted molar refractivity (Wildman–Crippen MR) is 84.4 cm³/mol. The lowest BCUT2D eigenvalue weighted by Crippen LogP contribution is -2.43. The Bertz CT molecular complexity index is 696. The van der Waals surface area contributed by atoms with E-state index in [1.54, 1.807) is 0 Å². The first-order chi connectivity index (χ1) is 10.7. The Labute approximate surface area is 139 Å². The van der Waals surface area contributed by atoms with E-state index >= 15 is 0 Å². The molecule has 1 heterocycles. The van der Waals surface area contributed by atoms with Gasteiger partial charge in [-0.3, -0.25) is 4.79 Å². The lowest BCUT2D eigenvalue weighted by Gasteiger charge is -2.21. The summed E-state index contributed by atoms with van der Waals surface area (Å²) < 4.78 is 43.8. The summed E-state index contributed by atoms with van der Waals surface area (Å²) in [6.07, 6.45) is 0. The van der Waals surface area contributed by atoms with Crippen LogP contribution in [0.1, 0.15) is 10.4 Å². The van der Waals surface area contributed by atoms with E-state index in [0.717, 1.165) is 10.4 Å².